The minimum atomic E-state index is -0.00926. The molecule has 0 amide bonds. The number of aldehydes is 1. The largest absolute Gasteiger partial charge is 0.301 e. The molecule has 0 aliphatic carbocycles. The summed E-state index contributed by atoms with van der Waals surface area (Å²) < 4.78 is 0. The fraction of sp³-hybridized carbons (Fsp3) is 0.667. The molecule has 1 aliphatic heterocycles. The van der Waals surface area contributed by atoms with E-state index in [2.05, 4.69) is 5.10 Å². The van der Waals surface area contributed by atoms with Crippen LogP contribution in [0.15, 0.2) is 5.10 Å². The van der Waals surface area contributed by atoms with Crippen LogP contribution in [0.3, 0.4) is 0 Å². The van der Waals surface area contributed by atoms with Crippen molar-refractivity contribution >= 4 is 12.0 Å². The summed E-state index contributed by atoms with van der Waals surface area (Å²) in [7, 11) is 1.82. The Kier molecular flexibility index (Phi) is 1.51. The van der Waals surface area contributed by atoms with Gasteiger partial charge in [0, 0.05) is 19.2 Å². The van der Waals surface area contributed by atoms with Crippen LogP contribution < -0.4 is 0 Å². The molecule has 0 N–H and O–H groups in total. The molecule has 0 aromatic rings. The predicted molar refractivity (Wildman–Crippen MR) is 35.3 cm³/mol. The van der Waals surface area contributed by atoms with E-state index in [9.17, 15) is 4.79 Å². The lowest BCUT2D eigenvalue weighted by molar-refractivity contribution is -0.111. The standard InChI is InChI=1S/C6H10N2O/c1-5-3-6(4-9)8(2)7-5/h4,6H,3H2,1-2H3. The van der Waals surface area contributed by atoms with Crippen LogP contribution in [0.25, 0.3) is 0 Å². The molecule has 0 aromatic heterocycles. The third-order valence-electron chi connectivity index (χ3n) is 1.47. The molecular weight excluding hydrogens is 116 g/mol. The second kappa shape index (κ2) is 2.17. The zero-order valence-electron chi connectivity index (χ0n) is 5.66. The van der Waals surface area contributed by atoms with E-state index < -0.39 is 0 Å². The van der Waals surface area contributed by atoms with Crippen molar-refractivity contribution in [3.05, 3.63) is 0 Å². The van der Waals surface area contributed by atoms with Crippen molar-refractivity contribution in [3.63, 3.8) is 0 Å². The molecule has 0 aromatic carbocycles. The van der Waals surface area contributed by atoms with Crippen molar-refractivity contribution in [2.24, 2.45) is 5.10 Å². The van der Waals surface area contributed by atoms with Crippen LogP contribution in [-0.2, 0) is 4.79 Å². The third-order valence-corrected chi connectivity index (χ3v) is 1.47. The normalized spacial score (nSPS) is 26.2. The summed E-state index contributed by atoms with van der Waals surface area (Å²) in [6.07, 6.45) is 1.72. The Bertz CT molecular complexity index is 153. The lowest BCUT2D eigenvalue weighted by atomic mass is 10.2. The molecule has 9 heavy (non-hydrogen) atoms. The maximum Gasteiger partial charge on any atom is 0.144 e. The molecule has 0 fully saturated rings. The van der Waals surface area contributed by atoms with Gasteiger partial charge < -0.3 is 4.79 Å². The van der Waals surface area contributed by atoms with Gasteiger partial charge in [-0.2, -0.15) is 5.10 Å². The van der Waals surface area contributed by atoms with E-state index in [1.165, 1.54) is 0 Å². The van der Waals surface area contributed by atoms with E-state index in [4.69, 9.17) is 0 Å². The fourth-order valence-electron chi connectivity index (χ4n) is 0.955. The molecule has 0 bridgehead atoms. The second-order valence-corrected chi connectivity index (χ2v) is 2.32. The molecule has 1 atom stereocenters. The van der Waals surface area contributed by atoms with Crippen LogP contribution in [0.1, 0.15) is 13.3 Å². The summed E-state index contributed by atoms with van der Waals surface area (Å²) >= 11 is 0. The molecule has 1 rings (SSSR count). The van der Waals surface area contributed by atoms with Gasteiger partial charge in [0.25, 0.3) is 0 Å². The predicted octanol–water partition coefficient (Wildman–Crippen LogP) is 0.265. The molecule has 0 saturated heterocycles. The first-order chi connectivity index (χ1) is 4.24. The Morgan fingerprint density at radius 2 is 2.56 bits per heavy atom. The highest BCUT2D eigenvalue weighted by molar-refractivity contribution is 5.87. The first-order valence-electron chi connectivity index (χ1n) is 2.96. The Hall–Kier alpha value is -0.860. The molecule has 1 unspecified atom stereocenters. The number of hydrogen-bond acceptors (Lipinski definition) is 3. The van der Waals surface area contributed by atoms with E-state index in [1.807, 2.05) is 14.0 Å². The first kappa shape index (κ1) is 6.26. The average molecular weight is 126 g/mol. The van der Waals surface area contributed by atoms with Gasteiger partial charge in [0.05, 0.1) is 0 Å². The van der Waals surface area contributed by atoms with Crippen LogP contribution >= 0.6 is 0 Å². The van der Waals surface area contributed by atoms with Gasteiger partial charge in [-0.25, -0.2) is 0 Å². The monoisotopic (exact) mass is 126 g/mol. The highest BCUT2D eigenvalue weighted by atomic mass is 16.1. The summed E-state index contributed by atoms with van der Waals surface area (Å²) in [6.45, 7) is 1.93. The van der Waals surface area contributed by atoms with E-state index in [1.54, 1.807) is 5.01 Å². The minimum Gasteiger partial charge on any atom is -0.301 e. The Labute approximate surface area is 54.3 Å². The summed E-state index contributed by atoms with van der Waals surface area (Å²) in [6, 6.07) is -0.00926. The molecule has 50 valence electrons. The number of hydrazone groups is 1. The van der Waals surface area contributed by atoms with Crippen LogP contribution in [-0.4, -0.2) is 30.1 Å². The molecule has 1 aliphatic rings. The Morgan fingerprint density at radius 1 is 1.89 bits per heavy atom. The average Bonchev–Trinajstić information content (AvgIpc) is 2.10. The molecule has 3 heteroatoms. The van der Waals surface area contributed by atoms with Gasteiger partial charge in [-0.15, -0.1) is 0 Å². The topological polar surface area (TPSA) is 32.7 Å². The van der Waals surface area contributed by atoms with Crippen LogP contribution in [0.5, 0.6) is 0 Å². The molecule has 3 nitrogen and oxygen atoms in total. The third kappa shape index (κ3) is 1.09. The molecule has 0 spiro atoms. The molecule has 0 radical (unpaired) electrons. The van der Waals surface area contributed by atoms with Crippen molar-refractivity contribution in [2.75, 3.05) is 7.05 Å². The van der Waals surface area contributed by atoms with Crippen LogP contribution in [0, 0.1) is 0 Å². The summed E-state index contributed by atoms with van der Waals surface area (Å²) in [5, 5.41) is 5.76. The van der Waals surface area contributed by atoms with Gasteiger partial charge in [-0.05, 0) is 6.92 Å². The van der Waals surface area contributed by atoms with Gasteiger partial charge >= 0.3 is 0 Å². The Balaban J connectivity index is 2.59. The first-order valence-corrected chi connectivity index (χ1v) is 2.96. The number of carbonyl (C=O) groups is 1. The molecule has 0 saturated carbocycles. The molecule has 1 heterocycles. The van der Waals surface area contributed by atoms with Gasteiger partial charge in [0.15, 0.2) is 0 Å². The highest BCUT2D eigenvalue weighted by Gasteiger charge is 2.19. The van der Waals surface area contributed by atoms with Crippen molar-refractivity contribution in [1.29, 1.82) is 0 Å². The molecular formula is C6H10N2O. The number of rotatable bonds is 1. The maximum atomic E-state index is 10.2. The number of nitrogens with zero attached hydrogens (tertiary/aromatic N) is 2. The van der Waals surface area contributed by atoms with E-state index in [0.717, 1.165) is 18.4 Å². The zero-order chi connectivity index (χ0) is 6.85. The van der Waals surface area contributed by atoms with Crippen LogP contribution in [0.4, 0.5) is 0 Å². The number of carbonyl (C=O) groups excluding carboxylic acids is 1. The summed E-state index contributed by atoms with van der Waals surface area (Å²) in [5.74, 6) is 0. The van der Waals surface area contributed by atoms with E-state index in [0.29, 0.717) is 0 Å². The summed E-state index contributed by atoms with van der Waals surface area (Å²) in [5.41, 5.74) is 1.04. The van der Waals surface area contributed by atoms with Crippen molar-refractivity contribution < 1.29 is 4.79 Å². The van der Waals surface area contributed by atoms with Gasteiger partial charge in [-0.1, -0.05) is 0 Å². The van der Waals surface area contributed by atoms with Crippen molar-refractivity contribution in [2.45, 2.75) is 19.4 Å². The van der Waals surface area contributed by atoms with Gasteiger partial charge in [0.2, 0.25) is 0 Å². The lowest BCUT2D eigenvalue weighted by Crippen LogP contribution is -2.23. The minimum absolute atomic E-state index is 0.00926. The zero-order valence-corrected chi connectivity index (χ0v) is 5.66. The van der Waals surface area contributed by atoms with Gasteiger partial charge in [-0.3, -0.25) is 5.01 Å². The summed E-state index contributed by atoms with van der Waals surface area (Å²) in [4.78, 5) is 10.2. The second-order valence-electron chi connectivity index (χ2n) is 2.32. The lowest BCUT2D eigenvalue weighted by Gasteiger charge is -2.10. The van der Waals surface area contributed by atoms with Crippen LogP contribution in [0.2, 0.25) is 0 Å². The van der Waals surface area contributed by atoms with E-state index >= 15 is 0 Å². The highest BCUT2D eigenvalue weighted by Crippen LogP contribution is 2.09. The SMILES string of the molecule is CC1=NN(C)C(C=O)C1. The van der Waals surface area contributed by atoms with Crippen molar-refractivity contribution in [1.82, 2.24) is 5.01 Å². The smallest absolute Gasteiger partial charge is 0.144 e. The maximum absolute atomic E-state index is 10.2. The Morgan fingerprint density at radius 3 is 2.78 bits per heavy atom. The quantitative estimate of drug-likeness (QED) is 0.472. The number of likely N-dealkylation sites (N-methyl/N-ethyl adjacent to an activating group) is 1. The van der Waals surface area contributed by atoms with Gasteiger partial charge in [0.1, 0.15) is 12.3 Å². The van der Waals surface area contributed by atoms with Crippen molar-refractivity contribution in [3.8, 4) is 0 Å². The van der Waals surface area contributed by atoms with E-state index in [-0.39, 0.29) is 6.04 Å². The fourth-order valence-corrected chi connectivity index (χ4v) is 0.955. The number of hydrogen-bond donors (Lipinski definition) is 0.